The molecule has 9 nitrogen and oxygen atoms in total. The number of aromatic nitrogens is 4. The molecule has 1 aliphatic rings. The van der Waals surface area contributed by atoms with E-state index in [9.17, 15) is 14.4 Å². The monoisotopic (exact) mass is 350 g/mol. The molecule has 0 unspecified atom stereocenters. The third-order valence-corrected chi connectivity index (χ3v) is 4.53. The van der Waals surface area contributed by atoms with E-state index in [-0.39, 0.29) is 24.6 Å². The van der Waals surface area contributed by atoms with Crippen LogP contribution >= 0.6 is 11.3 Å². The van der Waals surface area contributed by atoms with Crippen molar-refractivity contribution in [3.05, 3.63) is 27.4 Å². The molecule has 2 aromatic heterocycles. The van der Waals surface area contributed by atoms with Crippen LogP contribution in [0.1, 0.15) is 30.8 Å². The van der Waals surface area contributed by atoms with Crippen LogP contribution in [0.4, 0.5) is 5.13 Å². The molecule has 0 aromatic carbocycles. The fraction of sp³-hybridized carbons (Fsp3) is 0.500. The molecule has 0 fully saturated rings. The fourth-order valence-electron chi connectivity index (χ4n) is 2.65. The van der Waals surface area contributed by atoms with Crippen LogP contribution in [0.3, 0.4) is 0 Å². The first-order valence-electron chi connectivity index (χ1n) is 7.72. The Morgan fingerprint density at radius 3 is 2.96 bits per heavy atom. The molecule has 3 N–H and O–H groups in total. The van der Waals surface area contributed by atoms with E-state index in [0.717, 1.165) is 31.5 Å². The summed E-state index contributed by atoms with van der Waals surface area (Å²) < 4.78 is 2.84. The number of amides is 2. The average molecular weight is 350 g/mol. The molecular formula is C14H18N6O3S. The molecule has 0 aliphatic carbocycles. The summed E-state index contributed by atoms with van der Waals surface area (Å²) in [6, 6.07) is 0. The molecular weight excluding hydrogens is 332 g/mol. The average Bonchev–Trinajstić information content (AvgIpc) is 2.95. The van der Waals surface area contributed by atoms with Crippen LogP contribution in [0.25, 0.3) is 0 Å². The number of hydrogen-bond donors (Lipinski definition) is 2. The number of rotatable bonds is 5. The molecule has 0 bridgehead atoms. The topological polar surface area (TPSA) is 125 Å². The fourth-order valence-corrected chi connectivity index (χ4v) is 3.37. The van der Waals surface area contributed by atoms with Crippen LogP contribution < -0.4 is 16.7 Å². The Kier molecular flexibility index (Phi) is 4.74. The molecule has 2 amide bonds. The van der Waals surface area contributed by atoms with E-state index < -0.39 is 5.91 Å². The summed E-state index contributed by atoms with van der Waals surface area (Å²) >= 11 is 1.20. The zero-order valence-corrected chi connectivity index (χ0v) is 13.8. The normalized spacial score (nSPS) is 14.0. The van der Waals surface area contributed by atoms with Crippen molar-refractivity contribution in [1.82, 2.24) is 19.3 Å². The summed E-state index contributed by atoms with van der Waals surface area (Å²) in [5, 5.41) is 8.90. The van der Waals surface area contributed by atoms with E-state index in [0.29, 0.717) is 17.4 Å². The second kappa shape index (κ2) is 6.95. The first-order chi connectivity index (χ1) is 11.5. The van der Waals surface area contributed by atoms with Gasteiger partial charge in [0.2, 0.25) is 11.8 Å². The quantitative estimate of drug-likeness (QED) is 0.778. The van der Waals surface area contributed by atoms with Crippen LogP contribution in [-0.4, -0.2) is 31.1 Å². The lowest BCUT2D eigenvalue weighted by atomic mass is 10.2. The van der Waals surface area contributed by atoms with Crippen LogP contribution in [0.2, 0.25) is 0 Å². The second-order valence-corrected chi connectivity index (χ2v) is 6.51. The van der Waals surface area contributed by atoms with Gasteiger partial charge in [0.15, 0.2) is 5.13 Å². The van der Waals surface area contributed by atoms with Crippen LogP contribution in [0.15, 0.2) is 10.2 Å². The van der Waals surface area contributed by atoms with Crippen LogP contribution in [-0.2, 0) is 35.5 Å². The number of anilines is 1. The second-order valence-electron chi connectivity index (χ2n) is 5.65. The number of fused-ring (bicyclic) bond motifs is 1. The van der Waals surface area contributed by atoms with Gasteiger partial charge in [0.25, 0.3) is 0 Å². The number of primary amides is 1. The van der Waals surface area contributed by atoms with Crippen molar-refractivity contribution in [1.29, 1.82) is 0 Å². The Bertz CT molecular complexity index is 821. The summed E-state index contributed by atoms with van der Waals surface area (Å²) in [6.45, 7) is 0.488. The highest BCUT2D eigenvalue weighted by molar-refractivity contribution is 7.13. The van der Waals surface area contributed by atoms with Crippen molar-refractivity contribution in [3.8, 4) is 0 Å². The Hall–Kier alpha value is -2.49. The van der Waals surface area contributed by atoms with Crippen molar-refractivity contribution >= 4 is 28.3 Å². The van der Waals surface area contributed by atoms with Gasteiger partial charge in [-0.2, -0.15) is 5.10 Å². The van der Waals surface area contributed by atoms with E-state index in [2.05, 4.69) is 15.4 Å². The summed E-state index contributed by atoms with van der Waals surface area (Å²) in [5.41, 5.74) is 5.36. The molecule has 0 saturated carbocycles. The van der Waals surface area contributed by atoms with Gasteiger partial charge in [-0.15, -0.1) is 11.3 Å². The summed E-state index contributed by atoms with van der Waals surface area (Å²) in [5.74, 6) is -0.127. The van der Waals surface area contributed by atoms with E-state index in [1.807, 2.05) is 0 Å². The van der Waals surface area contributed by atoms with Crippen molar-refractivity contribution in [2.45, 2.75) is 45.2 Å². The summed E-state index contributed by atoms with van der Waals surface area (Å²) in [7, 11) is 0. The Labute approximate surface area is 141 Å². The number of thiazole rings is 1. The van der Waals surface area contributed by atoms with Gasteiger partial charge in [-0.05, 0) is 12.8 Å². The number of aryl methyl sites for hydroxylation is 1. The number of nitrogens with one attached hydrogen (secondary N) is 1. The first kappa shape index (κ1) is 16.4. The van der Waals surface area contributed by atoms with E-state index in [1.165, 1.54) is 16.0 Å². The lowest BCUT2D eigenvalue weighted by Gasteiger charge is -2.01. The maximum absolute atomic E-state index is 12.3. The molecule has 128 valence electrons. The van der Waals surface area contributed by atoms with Gasteiger partial charge in [0.1, 0.15) is 12.4 Å². The maximum Gasteiger partial charge on any atom is 0.346 e. The third kappa shape index (κ3) is 3.70. The van der Waals surface area contributed by atoms with Gasteiger partial charge in [-0.3, -0.25) is 14.2 Å². The highest BCUT2D eigenvalue weighted by Crippen LogP contribution is 2.15. The predicted molar refractivity (Wildman–Crippen MR) is 87.7 cm³/mol. The number of nitrogens with zero attached hydrogens (tertiary/aromatic N) is 4. The molecule has 1 aliphatic heterocycles. The Morgan fingerprint density at radius 1 is 1.33 bits per heavy atom. The zero-order chi connectivity index (χ0) is 17.1. The zero-order valence-electron chi connectivity index (χ0n) is 13.0. The smallest absolute Gasteiger partial charge is 0.346 e. The third-order valence-electron chi connectivity index (χ3n) is 3.73. The maximum atomic E-state index is 12.3. The minimum atomic E-state index is -0.482. The highest BCUT2D eigenvalue weighted by Gasteiger charge is 2.17. The van der Waals surface area contributed by atoms with E-state index in [4.69, 9.17) is 5.73 Å². The van der Waals surface area contributed by atoms with Gasteiger partial charge < -0.3 is 11.1 Å². The largest absolute Gasteiger partial charge is 0.369 e. The van der Waals surface area contributed by atoms with Crippen LogP contribution in [0, 0.1) is 0 Å². The van der Waals surface area contributed by atoms with Crippen molar-refractivity contribution in [3.63, 3.8) is 0 Å². The van der Waals surface area contributed by atoms with Crippen molar-refractivity contribution < 1.29 is 9.59 Å². The van der Waals surface area contributed by atoms with E-state index >= 15 is 0 Å². The molecule has 10 heteroatoms. The predicted octanol–water partition coefficient (Wildman–Crippen LogP) is -0.106. The minimum absolute atomic E-state index is 0.0274. The first-order valence-corrected chi connectivity index (χ1v) is 8.60. The number of hydrogen-bond acceptors (Lipinski definition) is 6. The van der Waals surface area contributed by atoms with Gasteiger partial charge in [-0.1, -0.05) is 6.42 Å². The molecule has 3 heterocycles. The molecule has 24 heavy (non-hydrogen) atoms. The van der Waals surface area contributed by atoms with Gasteiger partial charge >= 0.3 is 5.69 Å². The molecule has 0 atom stereocenters. The van der Waals surface area contributed by atoms with E-state index in [1.54, 1.807) is 9.95 Å². The Balaban J connectivity index is 1.66. The van der Waals surface area contributed by atoms with Gasteiger partial charge in [0, 0.05) is 18.3 Å². The molecule has 0 spiro atoms. The van der Waals surface area contributed by atoms with Gasteiger partial charge in [0.05, 0.1) is 12.1 Å². The molecule has 0 saturated heterocycles. The van der Waals surface area contributed by atoms with Gasteiger partial charge in [-0.25, -0.2) is 14.5 Å². The number of nitrogens with two attached hydrogens (primary N) is 1. The summed E-state index contributed by atoms with van der Waals surface area (Å²) in [6.07, 6.45) is 3.82. The SMILES string of the molecule is NC(=O)Cc1csc(NC(=O)Cn2nc3n(c2=O)CCCCC3)n1. The lowest BCUT2D eigenvalue weighted by molar-refractivity contribution is -0.118. The van der Waals surface area contributed by atoms with Crippen molar-refractivity contribution in [2.24, 2.45) is 5.73 Å². The Morgan fingerprint density at radius 2 is 2.17 bits per heavy atom. The molecule has 3 rings (SSSR count). The number of carbonyl (C=O) groups is 2. The minimum Gasteiger partial charge on any atom is -0.369 e. The highest BCUT2D eigenvalue weighted by atomic mass is 32.1. The standard InChI is InChI=1S/C14H18N6O3S/c15-10(21)6-9-8-24-13(16-9)17-12(22)7-20-14(23)19-5-3-1-2-4-11(19)18-20/h8H,1-7H2,(H2,15,21)(H,16,17,22). The molecule has 2 aromatic rings. The van der Waals surface area contributed by atoms with Crippen molar-refractivity contribution in [2.75, 3.05) is 5.32 Å². The van der Waals surface area contributed by atoms with Crippen LogP contribution in [0.5, 0.6) is 0 Å². The molecule has 0 radical (unpaired) electrons. The number of carbonyl (C=O) groups excluding carboxylic acids is 2. The summed E-state index contributed by atoms with van der Waals surface area (Å²) in [4.78, 5) is 39.4. The lowest BCUT2D eigenvalue weighted by Crippen LogP contribution is -2.30.